The first-order valence-corrected chi connectivity index (χ1v) is 7.11. The Morgan fingerprint density at radius 2 is 2.00 bits per heavy atom. The monoisotopic (exact) mass is 331 g/mol. The second-order valence-electron chi connectivity index (χ2n) is 4.89. The minimum atomic E-state index is -0.614. The van der Waals surface area contributed by atoms with Crippen LogP contribution in [0.3, 0.4) is 0 Å². The Morgan fingerprint density at radius 3 is 2.58 bits per heavy atom. The highest BCUT2D eigenvalue weighted by molar-refractivity contribution is 5.91. The highest BCUT2D eigenvalue weighted by atomic mass is 16.6. The van der Waals surface area contributed by atoms with Gasteiger partial charge in [-0.1, -0.05) is 30.3 Å². The molecule has 0 radical (unpaired) electrons. The summed E-state index contributed by atoms with van der Waals surface area (Å²) in [5.74, 6) is 0.288. The van der Waals surface area contributed by atoms with Gasteiger partial charge >= 0.3 is 6.03 Å². The lowest BCUT2D eigenvalue weighted by molar-refractivity contribution is -0.384. The van der Waals surface area contributed by atoms with Crippen LogP contribution in [0.25, 0.3) is 0 Å². The Balaban J connectivity index is 2.14. The molecule has 0 aliphatic rings. The predicted molar refractivity (Wildman–Crippen MR) is 88.1 cm³/mol. The van der Waals surface area contributed by atoms with Crippen LogP contribution in [0.2, 0.25) is 0 Å². The predicted octanol–water partition coefficient (Wildman–Crippen LogP) is 2.46. The van der Waals surface area contributed by atoms with Crippen molar-refractivity contribution in [2.24, 2.45) is 0 Å². The molecule has 0 unspecified atom stereocenters. The van der Waals surface area contributed by atoms with Crippen LogP contribution in [0.5, 0.6) is 5.75 Å². The van der Waals surface area contributed by atoms with Crippen LogP contribution in [0.15, 0.2) is 48.5 Å². The molecular weight excluding hydrogens is 314 g/mol. The number of rotatable bonds is 6. The number of nitro benzene ring substituents is 1. The molecule has 2 aromatic rings. The molecule has 0 aliphatic carbocycles. The summed E-state index contributed by atoms with van der Waals surface area (Å²) in [5.41, 5.74) is 0.725. The third-order valence-corrected chi connectivity index (χ3v) is 3.33. The van der Waals surface area contributed by atoms with Crippen molar-refractivity contribution >= 4 is 17.4 Å². The number of non-ortho nitro benzene ring substituents is 1. The normalized spacial score (nSPS) is 11.4. The van der Waals surface area contributed by atoms with E-state index in [4.69, 9.17) is 4.74 Å². The Hall–Kier alpha value is -3.13. The molecule has 0 saturated carbocycles. The van der Waals surface area contributed by atoms with Crippen LogP contribution in [-0.2, 0) is 0 Å². The average Bonchev–Trinajstić information content (AvgIpc) is 2.60. The van der Waals surface area contributed by atoms with E-state index in [2.05, 4.69) is 10.6 Å². The van der Waals surface area contributed by atoms with Gasteiger partial charge < -0.3 is 20.5 Å². The largest absolute Gasteiger partial charge is 0.495 e. The topological polar surface area (TPSA) is 114 Å². The number of aliphatic hydroxyl groups is 1. The molecule has 2 amide bonds. The Labute approximate surface area is 138 Å². The lowest BCUT2D eigenvalue weighted by Crippen LogP contribution is -2.34. The van der Waals surface area contributed by atoms with Crippen molar-refractivity contribution in [3.05, 3.63) is 64.2 Å². The van der Waals surface area contributed by atoms with E-state index in [1.165, 1.54) is 25.3 Å². The number of benzene rings is 2. The number of aliphatic hydroxyl groups excluding tert-OH is 1. The van der Waals surface area contributed by atoms with Crippen LogP contribution in [0.1, 0.15) is 11.6 Å². The van der Waals surface area contributed by atoms with Gasteiger partial charge in [-0.2, -0.15) is 0 Å². The van der Waals surface area contributed by atoms with Crippen molar-refractivity contribution < 1.29 is 19.6 Å². The van der Waals surface area contributed by atoms with Gasteiger partial charge in [-0.05, 0) is 11.6 Å². The molecule has 3 N–H and O–H groups in total. The third kappa shape index (κ3) is 4.20. The Bertz CT molecular complexity index is 721. The zero-order chi connectivity index (χ0) is 17.5. The molecule has 0 aromatic heterocycles. The number of carbonyl (C=O) groups is 1. The van der Waals surface area contributed by atoms with E-state index in [-0.39, 0.29) is 23.7 Å². The maximum atomic E-state index is 12.1. The zero-order valence-corrected chi connectivity index (χ0v) is 12.9. The van der Waals surface area contributed by atoms with E-state index in [9.17, 15) is 20.0 Å². The molecule has 2 aromatic carbocycles. The highest BCUT2D eigenvalue weighted by Gasteiger charge is 2.17. The fraction of sp³-hybridized carbons (Fsp3) is 0.188. The second-order valence-corrected chi connectivity index (χ2v) is 4.89. The summed E-state index contributed by atoms with van der Waals surface area (Å²) in [5, 5.41) is 25.4. The summed E-state index contributed by atoms with van der Waals surface area (Å²) in [6.45, 7) is -0.288. The van der Waals surface area contributed by atoms with Crippen molar-refractivity contribution in [1.29, 1.82) is 0 Å². The van der Waals surface area contributed by atoms with E-state index in [0.717, 1.165) is 5.56 Å². The van der Waals surface area contributed by atoms with E-state index >= 15 is 0 Å². The number of ether oxygens (including phenoxy) is 1. The fourth-order valence-corrected chi connectivity index (χ4v) is 2.14. The van der Waals surface area contributed by atoms with Crippen LogP contribution < -0.4 is 15.4 Å². The summed E-state index contributed by atoms with van der Waals surface area (Å²) in [6, 6.07) is 11.6. The van der Waals surface area contributed by atoms with E-state index in [1.807, 2.05) is 6.07 Å². The smallest absolute Gasteiger partial charge is 0.319 e. The average molecular weight is 331 g/mol. The molecule has 1 atom stereocenters. The standard InChI is InChI=1S/C16H17N3O5/c1-24-15-8-7-12(19(22)23)9-13(15)17-16(21)18-14(10-20)11-5-3-2-4-6-11/h2-9,14,20H,10H2,1H3,(H2,17,18,21)/t14-/m1/s1. The molecule has 0 bridgehead atoms. The van der Waals surface area contributed by atoms with Crippen LogP contribution in [0, 0.1) is 10.1 Å². The van der Waals surface area contributed by atoms with Crippen LogP contribution >= 0.6 is 0 Å². The molecule has 2 rings (SSSR count). The minimum Gasteiger partial charge on any atom is -0.495 e. The molecule has 0 saturated heterocycles. The third-order valence-electron chi connectivity index (χ3n) is 3.33. The van der Waals surface area contributed by atoms with Gasteiger partial charge in [0.2, 0.25) is 0 Å². The number of anilines is 1. The number of hydrogen-bond donors (Lipinski definition) is 3. The lowest BCUT2D eigenvalue weighted by atomic mass is 10.1. The van der Waals surface area contributed by atoms with Gasteiger partial charge in [-0.25, -0.2) is 4.79 Å². The summed E-state index contributed by atoms with van der Waals surface area (Å²) in [4.78, 5) is 22.4. The second kappa shape index (κ2) is 7.93. The van der Waals surface area contributed by atoms with Crippen molar-refractivity contribution in [2.75, 3.05) is 19.0 Å². The number of carbonyl (C=O) groups excluding carboxylic acids is 1. The Morgan fingerprint density at radius 1 is 1.29 bits per heavy atom. The maximum absolute atomic E-state index is 12.1. The van der Waals surface area contributed by atoms with Gasteiger partial charge in [-0.15, -0.1) is 0 Å². The van der Waals surface area contributed by atoms with Gasteiger partial charge in [-0.3, -0.25) is 10.1 Å². The molecule has 24 heavy (non-hydrogen) atoms. The number of nitrogens with one attached hydrogen (secondary N) is 2. The lowest BCUT2D eigenvalue weighted by Gasteiger charge is -2.18. The summed E-state index contributed by atoms with van der Waals surface area (Å²) in [7, 11) is 1.39. The number of hydrogen-bond acceptors (Lipinski definition) is 5. The first-order valence-electron chi connectivity index (χ1n) is 7.11. The SMILES string of the molecule is COc1ccc([N+](=O)[O-])cc1NC(=O)N[C@H](CO)c1ccccc1. The van der Waals surface area contributed by atoms with Crippen LogP contribution in [-0.4, -0.2) is 29.8 Å². The van der Waals surface area contributed by atoms with Crippen LogP contribution in [0.4, 0.5) is 16.2 Å². The van der Waals surface area contributed by atoms with E-state index in [1.54, 1.807) is 24.3 Å². The number of methoxy groups -OCH3 is 1. The molecule has 0 heterocycles. The van der Waals surface area contributed by atoms with E-state index < -0.39 is 17.0 Å². The summed E-state index contributed by atoms with van der Waals surface area (Å²) >= 11 is 0. The van der Waals surface area contributed by atoms with Crippen molar-refractivity contribution in [2.45, 2.75) is 6.04 Å². The van der Waals surface area contributed by atoms with Gasteiger partial charge in [0.25, 0.3) is 5.69 Å². The summed E-state index contributed by atoms with van der Waals surface area (Å²) < 4.78 is 5.08. The molecule has 0 aliphatic heterocycles. The molecular formula is C16H17N3O5. The molecule has 8 nitrogen and oxygen atoms in total. The highest BCUT2D eigenvalue weighted by Crippen LogP contribution is 2.28. The minimum absolute atomic E-state index is 0.161. The summed E-state index contributed by atoms with van der Waals surface area (Å²) in [6.07, 6.45) is 0. The number of nitrogens with zero attached hydrogens (tertiary/aromatic N) is 1. The van der Waals surface area contributed by atoms with Crippen molar-refractivity contribution in [3.63, 3.8) is 0 Å². The van der Waals surface area contributed by atoms with Gasteiger partial charge in [0.15, 0.2) is 0 Å². The molecule has 126 valence electrons. The van der Waals surface area contributed by atoms with Gasteiger partial charge in [0.1, 0.15) is 5.75 Å². The molecule has 0 spiro atoms. The Kier molecular flexibility index (Phi) is 5.69. The first kappa shape index (κ1) is 17.2. The van der Waals surface area contributed by atoms with Gasteiger partial charge in [0.05, 0.1) is 30.4 Å². The van der Waals surface area contributed by atoms with Gasteiger partial charge in [0, 0.05) is 12.1 Å². The first-order chi connectivity index (χ1) is 11.5. The quantitative estimate of drug-likeness (QED) is 0.556. The number of urea groups is 1. The molecule has 0 fully saturated rings. The van der Waals surface area contributed by atoms with Crippen molar-refractivity contribution in [1.82, 2.24) is 5.32 Å². The number of amides is 2. The maximum Gasteiger partial charge on any atom is 0.319 e. The van der Waals surface area contributed by atoms with Crippen molar-refractivity contribution in [3.8, 4) is 5.75 Å². The molecule has 8 heteroatoms. The fourth-order valence-electron chi connectivity index (χ4n) is 2.14. The zero-order valence-electron chi connectivity index (χ0n) is 12.9. The van der Waals surface area contributed by atoms with E-state index in [0.29, 0.717) is 0 Å². The number of nitro groups is 1.